The van der Waals surface area contributed by atoms with Gasteiger partial charge in [-0.25, -0.2) is 4.57 Å². The highest BCUT2D eigenvalue weighted by Gasteiger charge is 2.15. The van der Waals surface area contributed by atoms with Crippen molar-refractivity contribution in [2.45, 2.75) is 260 Å². The molecule has 0 aliphatic heterocycles. The van der Waals surface area contributed by atoms with Gasteiger partial charge in [-0.3, -0.25) is 9.59 Å². The molecule has 0 spiro atoms. The van der Waals surface area contributed by atoms with E-state index in [0.717, 1.165) is 48.0 Å². The van der Waals surface area contributed by atoms with Crippen molar-refractivity contribution in [2.24, 2.45) is 0 Å². The molecule has 6 N–H and O–H groups in total. The summed E-state index contributed by atoms with van der Waals surface area (Å²) in [5, 5.41) is 15.1. The fourth-order valence-electron chi connectivity index (χ4n) is 11.6. The number of thiol groups is 2. The summed E-state index contributed by atoms with van der Waals surface area (Å²) in [6, 6.07) is 21.7. The van der Waals surface area contributed by atoms with Crippen LogP contribution in [0.2, 0.25) is 0 Å². The molecule has 536 valence electrons. The van der Waals surface area contributed by atoms with Crippen molar-refractivity contribution in [2.75, 3.05) is 109 Å². The average Bonchev–Trinajstić information content (AvgIpc) is 1.70. The lowest BCUT2D eigenvalue weighted by molar-refractivity contribution is -0.890. The molecular weight excluding hydrogens is 1190 g/mol. The Bertz CT molecular complexity index is 2330. The van der Waals surface area contributed by atoms with E-state index in [-0.39, 0.29) is 26.7 Å². The molecule has 12 heteroatoms. The third kappa shape index (κ3) is 53.8. The van der Waals surface area contributed by atoms with Crippen LogP contribution in [0.3, 0.4) is 0 Å². The molecule has 3 rings (SSSR count). The van der Waals surface area contributed by atoms with Crippen molar-refractivity contribution < 1.29 is 28.4 Å². The molecule has 1 heterocycles. The Labute approximate surface area is 591 Å². The lowest BCUT2D eigenvalue weighted by atomic mass is 10.0. The zero-order valence-electron chi connectivity index (χ0n) is 60.1. The number of aromatic nitrogens is 1. The number of allylic oxidation sites excluding steroid dienone is 4. The first-order valence-corrected chi connectivity index (χ1v) is 38.7. The van der Waals surface area contributed by atoms with Crippen molar-refractivity contribution >= 4 is 66.7 Å². The molecule has 0 saturated carbocycles. The number of nitrogens with two attached hydrogens (primary N) is 1. The largest absolute Gasteiger partial charge is 0.385 e. The Morgan fingerprint density at radius 2 is 0.787 bits per heavy atom. The number of carbonyl (C=O) groups excluding carboxylic acids is 2. The third-order valence-electron chi connectivity index (χ3n) is 17.7. The van der Waals surface area contributed by atoms with Gasteiger partial charge in [-0.2, -0.15) is 25.3 Å². The zero-order valence-corrected chi connectivity index (χ0v) is 61.9. The molecule has 0 saturated heterocycles. The summed E-state index contributed by atoms with van der Waals surface area (Å²) in [7, 11) is 9.57. The summed E-state index contributed by atoms with van der Waals surface area (Å²) < 4.78 is 4.37. The predicted molar refractivity (Wildman–Crippen MR) is 423 cm³/mol. The number of quaternary nitrogens is 3. The monoisotopic (exact) mass is 1340 g/mol. The highest BCUT2D eigenvalue weighted by Crippen LogP contribution is 2.18. The van der Waals surface area contributed by atoms with Crippen LogP contribution in [-0.4, -0.2) is 119 Å². The fourth-order valence-corrected chi connectivity index (χ4v) is 11.8. The van der Waals surface area contributed by atoms with Crippen molar-refractivity contribution in [3.05, 3.63) is 120 Å². The molecule has 0 aliphatic rings. The molecule has 0 bridgehead atoms. The van der Waals surface area contributed by atoms with Crippen LogP contribution in [0, 0.1) is 0 Å². The van der Waals surface area contributed by atoms with Gasteiger partial charge in [0, 0.05) is 99.7 Å². The Kier molecular flexibility index (Phi) is 59.3. The highest BCUT2D eigenvalue weighted by atomic mass is 32.1. The zero-order chi connectivity index (χ0) is 66.7. The van der Waals surface area contributed by atoms with Gasteiger partial charge in [-0.15, -0.1) is 0 Å². The van der Waals surface area contributed by atoms with Crippen LogP contribution in [0.1, 0.15) is 271 Å². The molecule has 0 atom stereocenters. The average molecular weight is 1340 g/mol. The first-order valence-electron chi connectivity index (χ1n) is 37.4. The van der Waals surface area contributed by atoms with Crippen molar-refractivity contribution in [1.29, 1.82) is 0 Å². The molecule has 3 aromatic rings. The Balaban J connectivity index is 0.00000180. The predicted octanol–water partition coefficient (Wildman–Crippen LogP) is 19.5. The summed E-state index contributed by atoms with van der Waals surface area (Å²) in [4.78, 5) is 23.4. The normalized spacial score (nSPS) is 11.8. The SMILES string of the molecule is C.C.C/C=C(\C=C/[NH2+]CCCC(=O)NCCS)/C=C/c1ccc(NCCC[N+](C)(C)CCCCCCCCCCCCCCCC)cc1.CCCCCCCCCCCCCCCC[N+](C)(C)CCCNc1ccc(/C=C/c2cc[n+](CCCC(=O)NCCS)cc2)cc1. The number of amides is 2. The molecule has 0 unspecified atom stereocenters. The number of unbranched alkanes of at least 4 members (excludes halogenated alkanes) is 26. The van der Waals surface area contributed by atoms with E-state index in [9.17, 15) is 9.59 Å². The number of anilines is 2. The Morgan fingerprint density at radius 1 is 0.436 bits per heavy atom. The summed E-state index contributed by atoms with van der Waals surface area (Å²) in [5.74, 6) is 1.57. The number of hydrogen-bond donors (Lipinski definition) is 7. The molecule has 1 aromatic heterocycles. The molecule has 2 aromatic carbocycles. The number of hydrogen-bond acceptors (Lipinski definition) is 6. The lowest BCUT2D eigenvalue weighted by Crippen LogP contribution is -2.78. The third-order valence-corrected chi connectivity index (χ3v) is 18.1. The molecule has 0 aliphatic carbocycles. The molecule has 2 amide bonds. The molecule has 10 nitrogen and oxygen atoms in total. The van der Waals surface area contributed by atoms with Gasteiger partial charge in [-0.05, 0) is 85.2 Å². The minimum Gasteiger partial charge on any atom is -0.385 e. The summed E-state index contributed by atoms with van der Waals surface area (Å²) >= 11 is 8.23. The standard InChI is InChI=1S/C40H66N4OS.C40H70N4OS.2CH4/c1-4-5-6-7-8-9-10-11-12-13-14-15-16-17-34-44(2,3)35-19-29-41-39-25-23-37(24-26-39)21-22-38-27-32-43(33-28-38)31-18-20-40(45)42-30-36-46;1-5-7-8-9-10-11-12-13-14-15-16-17-18-19-34-44(3,4)35-21-31-42-39-27-25-38(26-28-39)24-23-37(6-2)29-32-41-30-20-22-40(45)43-33-36-46;;/h21-28,32-33H,4-20,29-31,34-36H2,1-3H3,(H-,42,45,46);6,23-29,32,41-42H,5,7-22,30-31,33-36H2,1-4H3,(H-,43,45,46);2*1H4/p+4/b;24-23+,32-29-,37-6-;;. The lowest BCUT2D eigenvalue weighted by Gasteiger charge is -2.30. The molecule has 0 fully saturated rings. The molecule has 94 heavy (non-hydrogen) atoms. The van der Waals surface area contributed by atoms with Crippen LogP contribution < -0.4 is 31.2 Å². The number of benzene rings is 2. The van der Waals surface area contributed by atoms with E-state index in [2.05, 4.69) is 221 Å². The summed E-state index contributed by atoms with van der Waals surface area (Å²) in [6.45, 7) is 16.7. The van der Waals surface area contributed by atoms with Crippen LogP contribution in [0.4, 0.5) is 11.4 Å². The topological polar surface area (TPSA) is 103 Å². The maximum absolute atomic E-state index is 11.7. The van der Waals surface area contributed by atoms with E-state index < -0.39 is 0 Å². The second-order valence-electron chi connectivity index (χ2n) is 27.3. The van der Waals surface area contributed by atoms with Crippen LogP contribution in [0.5, 0.6) is 0 Å². The summed E-state index contributed by atoms with van der Waals surface area (Å²) in [5.41, 5.74) is 7.10. The quantitative estimate of drug-likeness (QED) is 0.0101. The first-order chi connectivity index (χ1) is 44.8. The number of aryl methyl sites for hydroxylation is 1. The number of pyridine rings is 1. The second-order valence-corrected chi connectivity index (χ2v) is 28.2. The van der Waals surface area contributed by atoms with Crippen LogP contribution in [-0.2, 0) is 16.1 Å². The van der Waals surface area contributed by atoms with Gasteiger partial charge in [0.05, 0.1) is 67.1 Å². The van der Waals surface area contributed by atoms with Crippen LogP contribution >= 0.6 is 25.3 Å². The van der Waals surface area contributed by atoms with Gasteiger partial charge in [0.15, 0.2) is 12.4 Å². The smallest absolute Gasteiger partial charge is 0.220 e. The van der Waals surface area contributed by atoms with Gasteiger partial charge < -0.3 is 35.6 Å². The number of nitrogens with zero attached hydrogens (tertiary/aromatic N) is 3. The molecule has 0 radical (unpaired) electrons. The van der Waals surface area contributed by atoms with E-state index in [1.54, 1.807) is 0 Å². The Morgan fingerprint density at radius 3 is 1.17 bits per heavy atom. The van der Waals surface area contributed by atoms with Gasteiger partial charge >= 0.3 is 0 Å². The maximum atomic E-state index is 11.7. The fraction of sp³-hybridized carbons (Fsp3) is 0.671. The highest BCUT2D eigenvalue weighted by molar-refractivity contribution is 7.80. The summed E-state index contributed by atoms with van der Waals surface area (Å²) in [6.07, 6.45) is 64.1. The van der Waals surface area contributed by atoms with Gasteiger partial charge in [0.1, 0.15) is 6.54 Å². The Hall–Kier alpha value is -4.33. The van der Waals surface area contributed by atoms with Gasteiger partial charge in [0.25, 0.3) is 0 Å². The number of carbonyl (C=O) groups is 2. The van der Waals surface area contributed by atoms with Crippen molar-refractivity contribution in [3.63, 3.8) is 0 Å². The van der Waals surface area contributed by atoms with Gasteiger partial charge in [0.2, 0.25) is 11.8 Å². The van der Waals surface area contributed by atoms with Crippen molar-refractivity contribution in [3.8, 4) is 0 Å². The minimum atomic E-state index is 0. The first kappa shape index (κ1) is 89.7. The number of nitrogens with one attached hydrogen (secondary N) is 4. The minimum absolute atomic E-state index is 0. The van der Waals surface area contributed by atoms with Crippen molar-refractivity contribution in [1.82, 2.24) is 10.6 Å². The van der Waals surface area contributed by atoms with E-state index >= 15 is 0 Å². The van der Waals surface area contributed by atoms with E-state index in [0.29, 0.717) is 37.4 Å². The van der Waals surface area contributed by atoms with E-state index in [4.69, 9.17) is 0 Å². The second kappa shape index (κ2) is 62.2. The van der Waals surface area contributed by atoms with Gasteiger partial charge in [-0.1, -0.05) is 237 Å². The van der Waals surface area contributed by atoms with Crippen LogP contribution in [0.25, 0.3) is 18.2 Å². The van der Waals surface area contributed by atoms with Crippen LogP contribution in [0.15, 0.2) is 103 Å². The van der Waals surface area contributed by atoms with E-state index in [1.165, 1.54) is 252 Å². The molecular formula is C82H148N8O2S2+4. The maximum Gasteiger partial charge on any atom is 0.220 e. The van der Waals surface area contributed by atoms with E-state index in [1.807, 2.05) is 0 Å². The number of rotatable bonds is 58.